The third-order valence-electron chi connectivity index (χ3n) is 5.90. The van der Waals surface area contributed by atoms with E-state index in [1.165, 1.54) is 10.4 Å². The van der Waals surface area contributed by atoms with Crippen molar-refractivity contribution in [3.05, 3.63) is 58.5 Å². The number of nitrogens with zero attached hydrogens (tertiary/aromatic N) is 4. The molecule has 0 aromatic carbocycles. The number of carbonyl (C=O) groups excluding carboxylic acids is 1. The molecule has 8 heteroatoms. The summed E-state index contributed by atoms with van der Waals surface area (Å²) in [6.07, 6.45) is 5.77. The Morgan fingerprint density at radius 1 is 1.23 bits per heavy atom. The third-order valence-corrected chi connectivity index (χ3v) is 7.11. The number of aromatic nitrogens is 3. The van der Waals surface area contributed by atoms with Crippen molar-refractivity contribution in [1.82, 2.24) is 19.9 Å². The molecule has 30 heavy (non-hydrogen) atoms. The summed E-state index contributed by atoms with van der Waals surface area (Å²) in [5.74, 6) is 0.410. The number of nitrogen functional groups attached to an aromatic ring is 1. The predicted octanol–water partition coefficient (Wildman–Crippen LogP) is 3.19. The minimum atomic E-state index is -0.333. The van der Waals surface area contributed by atoms with Gasteiger partial charge in [0.2, 0.25) is 0 Å². The molecular formula is C22H23N5O2S. The van der Waals surface area contributed by atoms with Crippen LogP contribution in [0.25, 0.3) is 10.6 Å². The zero-order chi connectivity index (χ0) is 20.7. The van der Waals surface area contributed by atoms with Gasteiger partial charge in [0, 0.05) is 30.1 Å². The van der Waals surface area contributed by atoms with Crippen LogP contribution in [0.15, 0.2) is 36.7 Å². The first kappa shape index (κ1) is 19.1. The topological polar surface area (TPSA) is 94.2 Å². The van der Waals surface area contributed by atoms with Gasteiger partial charge in [-0.25, -0.2) is 15.0 Å². The van der Waals surface area contributed by atoms with E-state index in [1.807, 2.05) is 24.0 Å². The number of pyridine rings is 1. The molecule has 3 aromatic heterocycles. The summed E-state index contributed by atoms with van der Waals surface area (Å²) in [7, 11) is 0. The van der Waals surface area contributed by atoms with Crippen LogP contribution in [0.3, 0.4) is 0 Å². The van der Waals surface area contributed by atoms with Gasteiger partial charge in [-0.3, -0.25) is 4.79 Å². The molecule has 1 amide bonds. The monoisotopic (exact) mass is 421 g/mol. The first-order chi connectivity index (χ1) is 14.5. The lowest BCUT2D eigenvalue weighted by Gasteiger charge is -2.44. The highest BCUT2D eigenvalue weighted by molar-refractivity contribution is 7.15. The first-order valence-electron chi connectivity index (χ1n) is 10.1. The highest BCUT2D eigenvalue weighted by atomic mass is 32.1. The van der Waals surface area contributed by atoms with Crippen molar-refractivity contribution in [3.63, 3.8) is 0 Å². The van der Waals surface area contributed by atoms with Crippen LogP contribution in [0, 0.1) is 6.92 Å². The van der Waals surface area contributed by atoms with Gasteiger partial charge < -0.3 is 15.4 Å². The highest BCUT2D eigenvalue weighted by Gasteiger charge is 2.43. The lowest BCUT2D eigenvalue weighted by molar-refractivity contribution is -0.0926. The smallest absolute Gasteiger partial charge is 0.272 e. The maximum atomic E-state index is 12.9. The molecule has 2 N–H and O–H groups in total. The predicted molar refractivity (Wildman–Crippen MR) is 115 cm³/mol. The standard InChI is InChI=1S/C22H23N5O2S/c1-14-3-2-4-16(26-14)21(28)27-8-6-22(7-9-27)15-11-19(30-18(15)5-10-29-22)17-12-25-20(23)13-24-17/h2-4,11-13H,5-10H2,1H3,(H2,23,25). The SMILES string of the molecule is Cc1cccc(C(=O)N2CCC3(CC2)OCCc2sc(-c4cnc(N)cn4)cc23)n1. The van der Waals surface area contributed by atoms with Crippen molar-refractivity contribution in [1.29, 1.82) is 0 Å². The van der Waals surface area contributed by atoms with Crippen LogP contribution in [0.4, 0.5) is 5.82 Å². The first-order valence-corrected chi connectivity index (χ1v) is 10.9. The summed E-state index contributed by atoms with van der Waals surface area (Å²) in [5, 5.41) is 0. The molecule has 5 rings (SSSR count). The number of hydrogen-bond donors (Lipinski definition) is 1. The minimum absolute atomic E-state index is 0.00672. The van der Waals surface area contributed by atoms with Crippen LogP contribution in [0.2, 0.25) is 0 Å². The maximum absolute atomic E-state index is 12.9. The Bertz CT molecular complexity index is 1090. The molecule has 0 atom stereocenters. The Labute approximate surface area is 178 Å². The van der Waals surface area contributed by atoms with Crippen molar-refractivity contribution in [2.24, 2.45) is 0 Å². The molecule has 1 fully saturated rings. The second-order valence-electron chi connectivity index (χ2n) is 7.82. The number of rotatable bonds is 2. The molecule has 5 heterocycles. The van der Waals surface area contributed by atoms with E-state index in [1.54, 1.807) is 29.8 Å². The molecule has 0 aliphatic carbocycles. The molecule has 2 aliphatic rings. The van der Waals surface area contributed by atoms with Crippen molar-refractivity contribution < 1.29 is 9.53 Å². The molecule has 1 saturated heterocycles. The van der Waals surface area contributed by atoms with E-state index in [2.05, 4.69) is 21.0 Å². The summed E-state index contributed by atoms with van der Waals surface area (Å²) >= 11 is 1.75. The number of amides is 1. The van der Waals surface area contributed by atoms with Crippen LogP contribution in [-0.4, -0.2) is 45.5 Å². The summed E-state index contributed by atoms with van der Waals surface area (Å²) in [5.41, 5.74) is 8.78. The van der Waals surface area contributed by atoms with Crippen LogP contribution < -0.4 is 5.73 Å². The fraction of sp³-hybridized carbons (Fsp3) is 0.364. The molecular weight excluding hydrogens is 398 g/mol. The van der Waals surface area contributed by atoms with Crippen molar-refractivity contribution in [3.8, 4) is 10.6 Å². The zero-order valence-electron chi connectivity index (χ0n) is 16.8. The van der Waals surface area contributed by atoms with Gasteiger partial charge in [-0.15, -0.1) is 11.3 Å². The van der Waals surface area contributed by atoms with Gasteiger partial charge in [-0.2, -0.15) is 0 Å². The second kappa shape index (κ2) is 7.45. The van der Waals surface area contributed by atoms with Crippen LogP contribution in [0.5, 0.6) is 0 Å². The quantitative estimate of drug-likeness (QED) is 0.683. The number of piperidine rings is 1. The van der Waals surface area contributed by atoms with Crippen molar-refractivity contribution in [2.75, 3.05) is 25.4 Å². The summed E-state index contributed by atoms with van der Waals surface area (Å²) < 4.78 is 6.35. The van der Waals surface area contributed by atoms with E-state index in [0.29, 0.717) is 31.2 Å². The normalized spacial score (nSPS) is 17.7. The summed E-state index contributed by atoms with van der Waals surface area (Å²) in [6.45, 7) is 3.91. The Kier molecular flexibility index (Phi) is 4.75. The van der Waals surface area contributed by atoms with E-state index in [9.17, 15) is 4.79 Å². The van der Waals surface area contributed by atoms with Gasteiger partial charge in [0.05, 0.1) is 35.2 Å². The largest absolute Gasteiger partial charge is 0.382 e. The van der Waals surface area contributed by atoms with Crippen molar-refractivity contribution in [2.45, 2.75) is 31.8 Å². The van der Waals surface area contributed by atoms with E-state index in [0.717, 1.165) is 35.5 Å². The molecule has 0 bridgehead atoms. The lowest BCUT2D eigenvalue weighted by atomic mass is 9.82. The Balaban J connectivity index is 1.37. The Morgan fingerprint density at radius 3 is 2.80 bits per heavy atom. The van der Waals surface area contributed by atoms with E-state index < -0.39 is 0 Å². The number of carbonyl (C=O) groups is 1. The van der Waals surface area contributed by atoms with E-state index in [4.69, 9.17) is 10.5 Å². The van der Waals surface area contributed by atoms with Crippen LogP contribution in [0.1, 0.15) is 39.5 Å². The maximum Gasteiger partial charge on any atom is 0.272 e. The fourth-order valence-corrected chi connectivity index (χ4v) is 5.51. The van der Waals surface area contributed by atoms with Crippen LogP contribution >= 0.6 is 11.3 Å². The van der Waals surface area contributed by atoms with E-state index in [-0.39, 0.29) is 11.5 Å². The van der Waals surface area contributed by atoms with Gasteiger partial charge in [0.25, 0.3) is 5.91 Å². The highest BCUT2D eigenvalue weighted by Crippen LogP contribution is 2.46. The second-order valence-corrected chi connectivity index (χ2v) is 8.96. The number of aryl methyl sites for hydroxylation is 1. The molecule has 2 aliphatic heterocycles. The van der Waals surface area contributed by atoms with Gasteiger partial charge >= 0.3 is 0 Å². The zero-order valence-corrected chi connectivity index (χ0v) is 17.6. The van der Waals surface area contributed by atoms with Crippen molar-refractivity contribution >= 4 is 23.1 Å². The Morgan fingerprint density at radius 2 is 2.07 bits per heavy atom. The van der Waals surface area contributed by atoms with E-state index >= 15 is 0 Å². The van der Waals surface area contributed by atoms with Gasteiger partial charge in [0.15, 0.2) is 0 Å². The van der Waals surface area contributed by atoms with Crippen LogP contribution in [-0.2, 0) is 16.8 Å². The average molecular weight is 422 g/mol. The molecule has 154 valence electrons. The number of likely N-dealkylation sites (tertiary alicyclic amines) is 1. The number of hydrogen-bond acceptors (Lipinski definition) is 7. The van der Waals surface area contributed by atoms with Gasteiger partial charge in [0.1, 0.15) is 11.5 Å². The molecule has 0 unspecified atom stereocenters. The minimum Gasteiger partial charge on any atom is -0.382 e. The Hall–Kier alpha value is -2.84. The number of thiophene rings is 1. The molecule has 7 nitrogen and oxygen atoms in total. The fourth-order valence-electron chi connectivity index (χ4n) is 4.32. The summed E-state index contributed by atoms with van der Waals surface area (Å²) in [6, 6.07) is 7.76. The number of fused-ring (bicyclic) bond motifs is 2. The molecule has 1 spiro atoms. The molecule has 0 saturated carbocycles. The molecule has 0 radical (unpaired) electrons. The summed E-state index contributed by atoms with van der Waals surface area (Å²) in [4.78, 5) is 30.2. The lowest BCUT2D eigenvalue weighted by Crippen LogP contribution is -2.48. The van der Waals surface area contributed by atoms with Gasteiger partial charge in [-0.05, 0) is 43.5 Å². The number of ether oxygens (including phenoxy) is 1. The number of anilines is 1. The molecule has 3 aromatic rings. The van der Waals surface area contributed by atoms with Gasteiger partial charge in [-0.1, -0.05) is 6.07 Å². The third kappa shape index (κ3) is 3.36. The number of nitrogens with two attached hydrogens (primary N) is 1. The average Bonchev–Trinajstić information content (AvgIpc) is 3.20.